The number of rotatable bonds is 2. The molecular weight excluding hydrogens is 243 g/mol. The van der Waals surface area contributed by atoms with Gasteiger partial charge in [-0.3, -0.25) is 9.58 Å². The Kier molecular flexibility index (Phi) is 2.84. The van der Waals surface area contributed by atoms with Gasteiger partial charge in [-0.15, -0.1) is 0 Å². The molecule has 1 aromatic rings. The lowest BCUT2D eigenvalue weighted by Crippen LogP contribution is -2.47. The van der Waals surface area contributed by atoms with Crippen LogP contribution in [-0.2, 0) is 0 Å². The van der Waals surface area contributed by atoms with E-state index in [2.05, 4.69) is 5.10 Å². The van der Waals surface area contributed by atoms with Crippen molar-refractivity contribution in [2.75, 3.05) is 6.54 Å². The van der Waals surface area contributed by atoms with Crippen LogP contribution in [0.25, 0.3) is 0 Å². The van der Waals surface area contributed by atoms with Crippen molar-refractivity contribution in [2.45, 2.75) is 50.0 Å². The Labute approximate surface area is 104 Å². The van der Waals surface area contributed by atoms with Crippen molar-refractivity contribution in [3.63, 3.8) is 0 Å². The SMILES string of the molecule is FC(F)(F)CN1C2CCC1CC(n1cccn1)C2. The van der Waals surface area contributed by atoms with Crippen LogP contribution in [0.5, 0.6) is 0 Å². The van der Waals surface area contributed by atoms with Crippen molar-refractivity contribution >= 4 is 0 Å². The first-order valence-corrected chi connectivity index (χ1v) is 6.34. The molecule has 0 amide bonds. The number of hydrogen-bond acceptors (Lipinski definition) is 2. The number of nitrogens with zero attached hydrogens (tertiary/aromatic N) is 3. The smallest absolute Gasteiger partial charge is 0.289 e. The zero-order chi connectivity index (χ0) is 12.8. The van der Waals surface area contributed by atoms with Crippen LogP contribution >= 0.6 is 0 Å². The Balaban J connectivity index is 1.71. The lowest BCUT2D eigenvalue weighted by atomic mass is 9.97. The van der Waals surface area contributed by atoms with Crippen LogP contribution in [0.15, 0.2) is 18.5 Å². The van der Waals surface area contributed by atoms with Crippen molar-refractivity contribution < 1.29 is 13.2 Å². The average molecular weight is 259 g/mol. The van der Waals surface area contributed by atoms with Crippen molar-refractivity contribution in [1.29, 1.82) is 0 Å². The van der Waals surface area contributed by atoms with E-state index in [0.717, 1.165) is 25.7 Å². The van der Waals surface area contributed by atoms with E-state index >= 15 is 0 Å². The summed E-state index contributed by atoms with van der Waals surface area (Å²) in [5.74, 6) is 0. The molecule has 3 rings (SSSR count). The third-order valence-corrected chi connectivity index (χ3v) is 4.12. The Morgan fingerprint density at radius 3 is 2.28 bits per heavy atom. The van der Waals surface area contributed by atoms with Crippen molar-refractivity contribution in [3.8, 4) is 0 Å². The van der Waals surface area contributed by atoms with Gasteiger partial charge in [0.05, 0.1) is 12.6 Å². The van der Waals surface area contributed by atoms with Gasteiger partial charge in [-0.05, 0) is 31.7 Å². The van der Waals surface area contributed by atoms with Gasteiger partial charge in [0, 0.05) is 24.5 Å². The minimum absolute atomic E-state index is 0.0691. The highest BCUT2D eigenvalue weighted by molar-refractivity contribution is 4.98. The molecule has 0 saturated carbocycles. The first-order chi connectivity index (χ1) is 8.53. The fourth-order valence-corrected chi connectivity index (χ4v) is 3.42. The second-order valence-corrected chi connectivity index (χ2v) is 5.28. The first kappa shape index (κ1) is 12.0. The number of hydrogen-bond donors (Lipinski definition) is 0. The molecule has 2 saturated heterocycles. The van der Waals surface area contributed by atoms with Gasteiger partial charge in [0.15, 0.2) is 0 Å². The van der Waals surface area contributed by atoms with Gasteiger partial charge in [0.1, 0.15) is 0 Å². The topological polar surface area (TPSA) is 21.1 Å². The Bertz CT molecular complexity index is 387. The molecule has 0 aromatic carbocycles. The molecule has 2 aliphatic heterocycles. The first-order valence-electron chi connectivity index (χ1n) is 6.34. The Hall–Kier alpha value is -1.04. The maximum absolute atomic E-state index is 12.5. The van der Waals surface area contributed by atoms with Gasteiger partial charge in [-0.2, -0.15) is 18.3 Å². The van der Waals surface area contributed by atoms with E-state index in [-0.39, 0.29) is 18.1 Å². The summed E-state index contributed by atoms with van der Waals surface area (Å²) in [7, 11) is 0. The highest BCUT2D eigenvalue weighted by atomic mass is 19.4. The molecule has 2 aliphatic rings. The lowest BCUT2D eigenvalue weighted by Gasteiger charge is -2.39. The minimum atomic E-state index is -4.08. The van der Waals surface area contributed by atoms with E-state index in [4.69, 9.17) is 0 Å². The molecule has 1 aromatic heterocycles. The summed E-state index contributed by atoms with van der Waals surface area (Å²) >= 11 is 0. The fourth-order valence-electron chi connectivity index (χ4n) is 3.42. The van der Waals surface area contributed by atoms with E-state index in [1.165, 1.54) is 0 Å². The molecule has 2 fully saturated rings. The molecule has 2 bridgehead atoms. The summed E-state index contributed by atoms with van der Waals surface area (Å²) in [6.45, 7) is -0.756. The molecule has 100 valence electrons. The molecular formula is C12H16F3N3. The number of halogens is 3. The fraction of sp³-hybridized carbons (Fsp3) is 0.750. The monoisotopic (exact) mass is 259 g/mol. The molecule has 3 heterocycles. The lowest BCUT2D eigenvalue weighted by molar-refractivity contribution is -0.156. The maximum Gasteiger partial charge on any atom is 0.401 e. The molecule has 3 nitrogen and oxygen atoms in total. The van der Waals surface area contributed by atoms with E-state index < -0.39 is 12.7 Å². The van der Waals surface area contributed by atoms with Crippen molar-refractivity contribution in [2.24, 2.45) is 0 Å². The summed E-state index contributed by atoms with van der Waals surface area (Å²) in [5.41, 5.74) is 0. The summed E-state index contributed by atoms with van der Waals surface area (Å²) < 4.78 is 39.5. The molecule has 0 aliphatic carbocycles. The molecule has 2 unspecified atom stereocenters. The van der Waals surface area contributed by atoms with Crippen molar-refractivity contribution in [3.05, 3.63) is 18.5 Å². The van der Waals surface area contributed by atoms with Crippen LogP contribution in [0.1, 0.15) is 31.7 Å². The van der Waals surface area contributed by atoms with E-state index in [1.807, 2.05) is 16.9 Å². The maximum atomic E-state index is 12.5. The number of fused-ring (bicyclic) bond motifs is 2. The molecule has 2 atom stereocenters. The normalized spacial score (nSPS) is 32.9. The standard InChI is InChI=1S/C12H16F3N3/c13-12(14,15)8-17-9-2-3-10(17)7-11(6-9)18-5-1-4-16-18/h1,4-5,9-11H,2-3,6-8H2. The van der Waals surface area contributed by atoms with Gasteiger partial charge in [-0.25, -0.2) is 0 Å². The predicted molar refractivity (Wildman–Crippen MR) is 60.1 cm³/mol. The molecule has 0 radical (unpaired) electrons. The largest absolute Gasteiger partial charge is 0.401 e. The van der Waals surface area contributed by atoms with Gasteiger partial charge in [-0.1, -0.05) is 0 Å². The summed E-state index contributed by atoms with van der Waals surface area (Å²) in [6.07, 6.45) is 2.90. The Morgan fingerprint density at radius 1 is 1.11 bits per heavy atom. The second-order valence-electron chi connectivity index (χ2n) is 5.28. The summed E-state index contributed by atoms with van der Waals surface area (Å²) in [4.78, 5) is 1.65. The van der Waals surface area contributed by atoms with E-state index in [0.29, 0.717) is 0 Å². The molecule has 0 N–H and O–H groups in total. The van der Waals surface area contributed by atoms with Gasteiger partial charge in [0.2, 0.25) is 0 Å². The zero-order valence-corrected chi connectivity index (χ0v) is 9.98. The number of alkyl halides is 3. The van der Waals surface area contributed by atoms with Gasteiger partial charge >= 0.3 is 6.18 Å². The van der Waals surface area contributed by atoms with Crippen LogP contribution < -0.4 is 0 Å². The predicted octanol–water partition coefficient (Wildman–Crippen LogP) is 2.61. The quantitative estimate of drug-likeness (QED) is 0.814. The highest BCUT2D eigenvalue weighted by Gasteiger charge is 2.45. The average Bonchev–Trinajstić information content (AvgIpc) is 2.85. The van der Waals surface area contributed by atoms with Crippen LogP contribution in [0.4, 0.5) is 13.2 Å². The van der Waals surface area contributed by atoms with E-state index in [1.54, 1.807) is 11.1 Å². The molecule has 18 heavy (non-hydrogen) atoms. The molecule has 6 heteroatoms. The third-order valence-electron chi connectivity index (χ3n) is 4.12. The van der Waals surface area contributed by atoms with Crippen LogP contribution in [0.3, 0.4) is 0 Å². The number of aromatic nitrogens is 2. The molecule has 0 spiro atoms. The second kappa shape index (κ2) is 4.26. The zero-order valence-electron chi connectivity index (χ0n) is 9.98. The van der Waals surface area contributed by atoms with Crippen molar-refractivity contribution in [1.82, 2.24) is 14.7 Å². The van der Waals surface area contributed by atoms with Crippen LogP contribution in [0, 0.1) is 0 Å². The Morgan fingerprint density at radius 2 is 1.78 bits per heavy atom. The van der Waals surface area contributed by atoms with Gasteiger partial charge < -0.3 is 0 Å². The van der Waals surface area contributed by atoms with Crippen LogP contribution in [0.2, 0.25) is 0 Å². The third kappa shape index (κ3) is 2.25. The van der Waals surface area contributed by atoms with E-state index in [9.17, 15) is 13.2 Å². The van der Waals surface area contributed by atoms with Crippen LogP contribution in [-0.4, -0.2) is 39.5 Å². The summed E-state index contributed by atoms with van der Waals surface area (Å²) in [6, 6.07) is 2.27. The number of piperidine rings is 1. The summed E-state index contributed by atoms with van der Waals surface area (Å²) in [5, 5.41) is 4.21. The minimum Gasteiger partial charge on any atom is -0.289 e. The highest BCUT2D eigenvalue weighted by Crippen LogP contribution is 2.41. The van der Waals surface area contributed by atoms with Gasteiger partial charge in [0.25, 0.3) is 0 Å².